The summed E-state index contributed by atoms with van der Waals surface area (Å²) in [4.78, 5) is 0. The van der Waals surface area contributed by atoms with Crippen molar-refractivity contribution in [2.75, 3.05) is 92.5 Å². The van der Waals surface area contributed by atoms with Gasteiger partial charge in [-0.15, -0.1) is 12.6 Å². The number of ether oxygens (including phenoxy) is 7. The minimum atomic E-state index is -1.32. The zero-order chi connectivity index (χ0) is 20.0. The third kappa shape index (κ3) is 22.1. The molecule has 0 aliphatic heterocycles. The number of hydrogen-bond acceptors (Lipinski definition) is 11. The highest BCUT2D eigenvalue weighted by Gasteiger charge is 2.10. The summed E-state index contributed by atoms with van der Waals surface area (Å²) in [5.74, 6) is 0. The lowest BCUT2D eigenvalue weighted by atomic mass is 10.6. The third-order valence-electron chi connectivity index (χ3n) is 2.87. The van der Waals surface area contributed by atoms with Gasteiger partial charge in [-0.05, 0) is 0 Å². The predicted octanol–water partition coefficient (Wildman–Crippen LogP) is -1.34. The van der Waals surface area contributed by atoms with Crippen LogP contribution in [0.2, 0.25) is 0 Å². The van der Waals surface area contributed by atoms with E-state index in [1.54, 1.807) is 0 Å². The summed E-state index contributed by atoms with van der Waals surface area (Å²) in [6.07, 6.45) is -1.32. The van der Waals surface area contributed by atoms with Gasteiger partial charge in [0.25, 0.3) is 0 Å². The molecule has 2 unspecified atom stereocenters. The lowest BCUT2D eigenvalue weighted by Crippen LogP contribution is -2.25. The first-order valence-corrected chi connectivity index (χ1v) is 9.43. The van der Waals surface area contributed by atoms with Gasteiger partial charge in [0.1, 0.15) is 5.44 Å². The Kier molecular flexibility index (Phi) is 22.2. The summed E-state index contributed by atoms with van der Waals surface area (Å²) in [6.45, 7) is 5.45. The summed E-state index contributed by atoms with van der Waals surface area (Å²) in [5.41, 5.74) is -1.23. The minimum absolute atomic E-state index is 0.0204. The second-order valence-electron chi connectivity index (χ2n) is 5.07. The summed E-state index contributed by atoms with van der Waals surface area (Å²) in [5, 5.41) is 26.5. The summed E-state index contributed by atoms with van der Waals surface area (Å²) < 4.78 is 36.4. The Morgan fingerprint density at radius 1 is 0.519 bits per heavy atom. The first-order chi connectivity index (χ1) is 13.2. The lowest BCUT2D eigenvalue weighted by molar-refractivity contribution is -0.144. The van der Waals surface area contributed by atoms with Crippen LogP contribution >= 0.6 is 12.6 Å². The Bertz CT molecular complexity index is 286. The van der Waals surface area contributed by atoms with Crippen LogP contribution in [0.3, 0.4) is 0 Å². The highest BCUT2D eigenvalue weighted by molar-refractivity contribution is 7.80. The van der Waals surface area contributed by atoms with E-state index in [0.717, 1.165) is 0 Å². The Hall–Kier alpha value is -0.0500. The molecule has 0 fully saturated rings. The molecule has 0 rings (SSSR count). The highest BCUT2D eigenvalue weighted by Crippen LogP contribution is 1.98. The second-order valence-corrected chi connectivity index (χ2v) is 5.60. The van der Waals surface area contributed by atoms with Crippen molar-refractivity contribution in [1.29, 1.82) is 0 Å². The number of hydrogen-bond donors (Lipinski definition) is 4. The fourth-order valence-corrected chi connectivity index (χ4v) is 1.67. The molecule has 11 heteroatoms. The molecule has 0 aromatic carbocycles. The lowest BCUT2D eigenvalue weighted by Gasteiger charge is -2.13. The second kappa shape index (κ2) is 22.2. The molecule has 0 saturated carbocycles. The van der Waals surface area contributed by atoms with Crippen molar-refractivity contribution in [3.05, 3.63) is 0 Å². The Morgan fingerprint density at radius 2 is 0.815 bits per heavy atom. The van der Waals surface area contributed by atoms with Gasteiger partial charge in [0, 0.05) is 0 Å². The van der Waals surface area contributed by atoms with E-state index in [4.69, 9.17) is 48.5 Å². The number of rotatable bonds is 22. The fraction of sp³-hybridized carbons (Fsp3) is 1.00. The molecule has 164 valence electrons. The average molecular weight is 419 g/mol. The van der Waals surface area contributed by atoms with E-state index in [1.165, 1.54) is 0 Å². The van der Waals surface area contributed by atoms with Crippen LogP contribution in [-0.4, -0.2) is 120 Å². The maximum Gasteiger partial charge on any atom is 0.190 e. The molecule has 2 atom stereocenters. The van der Waals surface area contributed by atoms with Gasteiger partial charge in [0.15, 0.2) is 6.29 Å². The molecular weight excluding hydrogens is 384 g/mol. The number of aliphatic hydroxyl groups is 3. The maximum absolute atomic E-state index is 9.11. The average Bonchev–Trinajstić information content (AvgIpc) is 2.66. The van der Waals surface area contributed by atoms with E-state index in [2.05, 4.69) is 12.6 Å². The van der Waals surface area contributed by atoms with Crippen LogP contribution < -0.4 is 0 Å². The molecular formula is C16H34O10S. The Morgan fingerprint density at radius 3 is 1.11 bits per heavy atom. The molecule has 10 nitrogen and oxygen atoms in total. The normalized spacial score (nSPS) is 13.8. The van der Waals surface area contributed by atoms with E-state index in [-0.39, 0.29) is 19.8 Å². The molecule has 27 heavy (non-hydrogen) atoms. The van der Waals surface area contributed by atoms with Crippen molar-refractivity contribution >= 4 is 12.6 Å². The van der Waals surface area contributed by atoms with E-state index < -0.39 is 11.7 Å². The Balaban J connectivity index is 3.03. The minimum Gasteiger partial charge on any atom is -0.394 e. The summed E-state index contributed by atoms with van der Waals surface area (Å²) in [6, 6.07) is 0. The van der Waals surface area contributed by atoms with Crippen LogP contribution in [0.1, 0.15) is 0 Å². The van der Waals surface area contributed by atoms with Crippen molar-refractivity contribution in [3.63, 3.8) is 0 Å². The van der Waals surface area contributed by atoms with E-state index in [9.17, 15) is 0 Å². The number of aliphatic hydroxyl groups excluding tert-OH is 3. The molecule has 0 bridgehead atoms. The van der Waals surface area contributed by atoms with Crippen LogP contribution in [0.15, 0.2) is 0 Å². The molecule has 0 amide bonds. The molecule has 0 aliphatic carbocycles. The van der Waals surface area contributed by atoms with Gasteiger partial charge in [-0.1, -0.05) is 0 Å². The predicted molar refractivity (Wildman–Crippen MR) is 99.0 cm³/mol. The largest absolute Gasteiger partial charge is 0.394 e. The molecule has 0 heterocycles. The van der Waals surface area contributed by atoms with Crippen LogP contribution in [0, 0.1) is 0 Å². The van der Waals surface area contributed by atoms with E-state index >= 15 is 0 Å². The van der Waals surface area contributed by atoms with Gasteiger partial charge in [0.05, 0.1) is 92.5 Å². The first kappa shape index (κ1) is 27.0. The Labute approximate surface area is 166 Å². The topological polar surface area (TPSA) is 125 Å². The molecule has 3 N–H and O–H groups in total. The van der Waals surface area contributed by atoms with Crippen molar-refractivity contribution < 1.29 is 48.5 Å². The third-order valence-corrected chi connectivity index (χ3v) is 3.12. The van der Waals surface area contributed by atoms with Gasteiger partial charge < -0.3 is 48.5 Å². The maximum atomic E-state index is 9.11. The number of thiol groups is 1. The van der Waals surface area contributed by atoms with Gasteiger partial charge in [-0.25, -0.2) is 0 Å². The standard InChI is InChI=1S/C16H34O10S/c17-1-2-20-3-4-21-5-6-22-7-8-23-9-10-24-11-12-25-13-14-26-15(18)16(19)27/h15-19,27H,1-14H2. The van der Waals surface area contributed by atoms with Crippen LogP contribution in [-0.2, 0) is 33.2 Å². The van der Waals surface area contributed by atoms with Crippen molar-refractivity contribution in [2.45, 2.75) is 11.7 Å². The summed E-state index contributed by atoms with van der Waals surface area (Å²) >= 11 is 3.62. The van der Waals surface area contributed by atoms with Crippen molar-refractivity contribution in [2.24, 2.45) is 0 Å². The van der Waals surface area contributed by atoms with E-state index in [1.807, 2.05) is 0 Å². The summed E-state index contributed by atoms with van der Waals surface area (Å²) in [7, 11) is 0. The molecule has 0 saturated heterocycles. The van der Waals surface area contributed by atoms with Gasteiger partial charge in [-0.2, -0.15) is 0 Å². The highest BCUT2D eigenvalue weighted by atomic mass is 32.1. The van der Waals surface area contributed by atoms with Gasteiger partial charge in [0.2, 0.25) is 0 Å². The molecule has 0 aromatic heterocycles. The van der Waals surface area contributed by atoms with Gasteiger partial charge in [-0.3, -0.25) is 0 Å². The molecule has 0 aliphatic rings. The zero-order valence-corrected chi connectivity index (χ0v) is 16.6. The quantitative estimate of drug-likeness (QED) is 0.0954. The van der Waals surface area contributed by atoms with Crippen LogP contribution in [0.4, 0.5) is 0 Å². The van der Waals surface area contributed by atoms with E-state index in [0.29, 0.717) is 72.7 Å². The molecule has 0 aromatic rings. The van der Waals surface area contributed by atoms with Crippen LogP contribution in [0.5, 0.6) is 0 Å². The zero-order valence-electron chi connectivity index (χ0n) is 15.7. The van der Waals surface area contributed by atoms with Crippen molar-refractivity contribution in [1.82, 2.24) is 0 Å². The SMILES string of the molecule is OCCOCCOCCOCCOCCOCCOCCOC(O)C(O)S. The van der Waals surface area contributed by atoms with Crippen molar-refractivity contribution in [3.8, 4) is 0 Å². The smallest absolute Gasteiger partial charge is 0.190 e. The monoisotopic (exact) mass is 418 g/mol. The fourth-order valence-electron chi connectivity index (χ4n) is 1.58. The van der Waals surface area contributed by atoms with Crippen LogP contribution in [0.25, 0.3) is 0 Å². The molecule has 0 radical (unpaired) electrons. The van der Waals surface area contributed by atoms with Gasteiger partial charge >= 0.3 is 0 Å². The molecule has 0 spiro atoms. The first-order valence-electron chi connectivity index (χ1n) is 8.91.